The third-order valence-corrected chi connectivity index (χ3v) is 4.35. The molecule has 4 rings (SSSR count). The van der Waals surface area contributed by atoms with E-state index in [1.165, 1.54) is 6.33 Å². The van der Waals surface area contributed by atoms with Crippen LogP contribution in [0.4, 0.5) is 0 Å². The van der Waals surface area contributed by atoms with Crippen LogP contribution in [0.3, 0.4) is 0 Å². The summed E-state index contributed by atoms with van der Waals surface area (Å²) < 4.78 is 9.64. The molecule has 1 saturated heterocycles. The van der Waals surface area contributed by atoms with Gasteiger partial charge in [0.05, 0.1) is 30.3 Å². The van der Waals surface area contributed by atoms with Crippen molar-refractivity contribution >= 4 is 5.52 Å². The molecule has 0 aromatic carbocycles. The van der Waals surface area contributed by atoms with Crippen LogP contribution >= 0.6 is 0 Å². The zero-order valence-corrected chi connectivity index (χ0v) is 13.2. The molecule has 0 bridgehead atoms. The number of nitrogens with zero attached hydrogens (tertiary/aromatic N) is 6. The van der Waals surface area contributed by atoms with Crippen molar-refractivity contribution in [3.63, 3.8) is 0 Å². The molecule has 0 N–H and O–H groups in total. The van der Waals surface area contributed by atoms with E-state index in [-0.39, 0.29) is 6.10 Å². The summed E-state index contributed by atoms with van der Waals surface area (Å²) in [6, 6.07) is 8.27. The lowest BCUT2D eigenvalue weighted by atomic mass is 10.1. The number of fused-ring (bicyclic) bond motifs is 1. The molecule has 24 heavy (non-hydrogen) atoms. The maximum atomic E-state index is 9.53. The molecule has 0 aliphatic carbocycles. The summed E-state index contributed by atoms with van der Waals surface area (Å²) in [5.74, 6) is 0. The van der Waals surface area contributed by atoms with Gasteiger partial charge in [-0.2, -0.15) is 10.4 Å². The van der Waals surface area contributed by atoms with Crippen molar-refractivity contribution in [2.24, 2.45) is 0 Å². The average molecular weight is 322 g/mol. The van der Waals surface area contributed by atoms with Crippen LogP contribution in [-0.2, 0) is 17.8 Å². The third-order valence-electron chi connectivity index (χ3n) is 4.35. The fourth-order valence-corrected chi connectivity index (χ4v) is 3.24. The number of hydrogen-bond acceptors (Lipinski definition) is 5. The Kier molecular flexibility index (Phi) is 3.99. The summed E-state index contributed by atoms with van der Waals surface area (Å²) in [4.78, 5) is 6.30. The Labute approximate surface area is 139 Å². The van der Waals surface area contributed by atoms with Gasteiger partial charge in [-0.3, -0.25) is 9.58 Å². The Hall–Kier alpha value is -2.69. The van der Waals surface area contributed by atoms with E-state index in [0.29, 0.717) is 13.2 Å². The predicted molar refractivity (Wildman–Crippen MR) is 87.2 cm³/mol. The minimum Gasteiger partial charge on any atom is -0.374 e. The molecular formula is C17H18N6O. The number of rotatable bonds is 4. The van der Waals surface area contributed by atoms with E-state index in [1.807, 2.05) is 28.8 Å². The molecule has 1 fully saturated rings. The Morgan fingerprint density at radius 3 is 3.17 bits per heavy atom. The molecule has 0 amide bonds. The number of aromatic nitrogens is 4. The van der Waals surface area contributed by atoms with Crippen LogP contribution in [0.25, 0.3) is 5.52 Å². The summed E-state index contributed by atoms with van der Waals surface area (Å²) >= 11 is 0. The molecule has 3 aromatic heterocycles. The molecule has 1 aliphatic heterocycles. The molecule has 0 saturated carbocycles. The summed E-state index contributed by atoms with van der Waals surface area (Å²) in [6.07, 6.45) is 7.36. The van der Waals surface area contributed by atoms with Gasteiger partial charge in [0, 0.05) is 37.6 Å². The van der Waals surface area contributed by atoms with Crippen molar-refractivity contribution in [3.8, 4) is 6.07 Å². The van der Waals surface area contributed by atoms with Crippen LogP contribution < -0.4 is 0 Å². The van der Waals surface area contributed by atoms with Crippen molar-refractivity contribution in [2.45, 2.75) is 19.2 Å². The Balaban J connectivity index is 1.50. The molecule has 7 nitrogen and oxygen atoms in total. The quantitative estimate of drug-likeness (QED) is 0.724. The van der Waals surface area contributed by atoms with Crippen LogP contribution in [-0.4, -0.2) is 49.9 Å². The van der Waals surface area contributed by atoms with E-state index in [9.17, 15) is 5.26 Å². The molecular weight excluding hydrogens is 304 g/mol. The number of pyridine rings is 1. The first kappa shape index (κ1) is 14.9. The zero-order valence-electron chi connectivity index (χ0n) is 13.2. The lowest BCUT2D eigenvalue weighted by Crippen LogP contribution is -2.43. The highest BCUT2D eigenvalue weighted by atomic mass is 16.5. The van der Waals surface area contributed by atoms with Gasteiger partial charge in [-0.25, -0.2) is 4.98 Å². The van der Waals surface area contributed by atoms with Gasteiger partial charge in [-0.1, -0.05) is 6.07 Å². The van der Waals surface area contributed by atoms with E-state index in [4.69, 9.17) is 4.74 Å². The highest BCUT2D eigenvalue weighted by Gasteiger charge is 2.22. The van der Waals surface area contributed by atoms with Gasteiger partial charge in [0.25, 0.3) is 0 Å². The summed E-state index contributed by atoms with van der Waals surface area (Å²) in [6.45, 7) is 3.82. The second-order valence-corrected chi connectivity index (χ2v) is 5.98. The van der Waals surface area contributed by atoms with Gasteiger partial charge in [0.1, 0.15) is 18.7 Å². The van der Waals surface area contributed by atoms with Gasteiger partial charge in [-0.05, 0) is 12.1 Å². The minimum atomic E-state index is 0.0861. The first-order chi connectivity index (χ1) is 11.8. The van der Waals surface area contributed by atoms with Crippen LogP contribution in [0.1, 0.15) is 11.1 Å². The Morgan fingerprint density at radius 1 is 1.38 bits per heavy atom. The minimum absolute atomic E-state index is 0.0861. The number of hydrogen-bond donors (Lipinski definition) is 0. The lowest BCUT2D eigenvalue weighted by molar-refractivity contribution is -0.0402. The molecule has 0 radical (unpaired) electrons. The van der Waals surface area contributed by atoms with E-state index < -0.39 is 0 Å². The topological polar surface area (TPSA) is 71.4 Å². The van der Waals surface area contributed by atoms with E-state index >= 15 is 0 Å². The molecule has 7 heteroatoms. The standard InChI is InChI=1S/C17H18N6O/c18-7-16-14(9-22-4-2-1-3-17(16)22)8-21-5-6-24-15(10-21)11-23-13-19-12-20-23/h1-4,9,12-13,15H,5-6,8,10-11H2. The van der Waals surface area contributed by atoms with Crippen molar-refractivity contribution in [1.82, 2.24) is 24.1 Å². The number of ether oxygens (including phenoxy) is 1. The van der Waals surface area contributed by atoms with Gasteiger partial charge in [-0.15, -0.1) is 0 Å². The molecule has 4 heterocycles. The van der Waals surface area contributed by atoms with Gasteiger partial charge in [0.2, 0.25) is 0 Å². The molecule has 1 unspecified atom stereocenters. The first-order valence-corrected chi connectivity index (χ1v) is 7.98. The normalized spacial score (nSPS) is 18.7. The Morgan fingerprint density at radius 2 is 2.33 bits per heavy atom. The lowest BCUT2D eigenvalue weighted by Gasteiger charge is -2.32. The van der Waals surface area contributed by atoms with Gasteiger partial charge in [0.15, 0.2) is 0 Å². The van der Waals surface area contributed by atoms with Crippen molar-refractivity contribution in [3.05, 3.63) is 54.4 Å². The second-order valence-electron chi connectivity index (χ2n) is 5.98. The SMILES string of the molecule is N#Cc1c(CN2CCOC(Cn3cncn3)C2)cn2ccccc12. The molecule has 122 valence electrons. The van der Waals surface area contributed by atoms with Crippen molar-refractivity contribution < 1.29 is 4.74 Å². The number of nitriles is 1. The predicted octanol–water partition coefficient (Wildman–Crippen LogP) is 1.30. The first-order valence-electron chi connectivity index (χ1n) is 7.98. The van der Waals surface area contributed by atoms with Crippen LogP contribution in [0, 0.1) is 11.3 Å². The fourth-order valence-electron chi connectivity index (χ4n) is 3.24. The maximum absolute atomic E-state index is 9.53. The fraction of sp³-hybridized carbons (Fsp3) is 0.353. The van der Waals surface area contributed by atoms with Gasteiger partial charge < -0.3 is 9.14 Å². The highest BCUT2D eigenvalue weighted by Crippen LogP contribution is 2.20. The zero-order chi connectivity index (χ0) is 16.4. The summed E-state index contributed by atoms with van der Waals surface area (Å²) in [5.41, 5.74) is 2.78. The molecule has 1 aliphatic rings. The largest absolute Gasteiger partial charge is 0.374 e. The van der Waals surface area contributed by atoms with Crippen LogP contribution in [0.5, 0.6) is 0 Å². The number of morpholine rings is 1. The van der Waals surface area contributed by atoms with Crippen molar-refractivity contribution in [1.29, 1.82) is 5.26 Å². The van der Waals surface area contributed by atoms with Crippen LogP contribution in [0.2, 0.25) is 0 Å². The molecule has 1 atom stereocenters. The summed E-state index contributed by atoms with van der Waals surface area (Å²) in [5, 5.41) is 13.7. The van der Waals surface area contributed by atoms with Crippen molar-refractivity contribution in [2.75, 3.05) is 19.7 Å². The van der Waals surface area contributed by atoms with Crippen LogP contribution in [0.15, 0.2) is 43.2 Å². The summed E-state index contributed by atoms with van der Waals surface area (Å²) in [7, 11) is 0. The highest BCUT2D eigenvalue weighted by molar-refractivity contribution is 5.65. The van der Waals surface area contributed by atoms with E-state index in [1.54, 1.807) is 11.0 Å². The molecule has 3 aromatic rings. The average Bonchev–Trinajstić information content (AvgIpc) is 3.22. The Bertz CT molecular complexity index is 863. The van der Waals surface area contributed by atoms with E-state index in [0.717, 1.165) is 36.3 Å². The van der Waals surface area contributed by atoms with Gasteiger partial charge >= 0.3 is 0 Å². The smallest absolute Gasteiger partial charge is 0.137 e. The monoisotopic (exact) mass is 322 g/mol. The van der Waals surface area contributed by atoms with E-state index in [2.05, 4.69) is 27.2 Å². The third kappa shape index (κ3) is 2.89. The maximum Gasteiger partial charge on any atom is 0.137 e. The molecule has 0 spiro atoms. The second kappa shape index (κ2) is 6.43.